The molecule has 0 unspecified atom stereocenters. The molecule has 73 valence electrons. The molecule has 0 aliphatic heterocycles. The summed E-state index contributed by atoms with van der Waals surface area (Å²) in [7, 11) is 0. The topological polar surface area (TPSA) is 37.3 Å². The number of aromatic hydroxyl groups is 1. The zero-order valence-electron chi connectivity index (χ0n) is 7.94. The Labute approximate surface area is 83.9 Å². The van der Waals surface area contributed by atoms with Crippen LogP contribution in [0.2, 0.25) is 0 Å². The van der Waals surface area contributed by atoms with E-state index < -0.39 is 0 Å². The minimum atomic E-state index is 0.272. The van der Waals surface area contributed by atoms with Gasteiger partial charge in [0.25, 0.3) is 0 Å². The lowest BCUT2D eigenvalue weighted by molar-refractivity contribution is 0.475. The Morgan fingerprint density at radius 1 is 1.43 bits per heavy atom. The largest absolute Gasteiger partial charge is 0.508 e. The van der Waals surface area contributed by atoms with Crippen LogP contribution in [0.3, 0.4) is 0 Å². The Balaban J connectivity index is 2.39. The summed E-state index contributed by atoms with van der Waals surface area (Å²) in [5.41, 5.74) is 0.972. The Kier molecular flexibility index (Phi) is 4.48. The number of unbranched alkanes of at least 4 members (excludes halogenated alkanes) is 2. The SMILES string of the molecule is O=[C]CCC/C=C/c1cccc(O)c1. The molecule has 0 spiro atoms. The second-order valence-electron chi connectivity index (χ2n) is 3.03. The van der Waals surface area contributed by atoms with Crippen LogP contribution in [0, 0.1) is 0 Å². The maximum atomic E-state index is 9.90. The van der Waals surface area contributed by atoms with Gasteiger partial charge >= 0.3 is 0 Å². The molecule has 1 rings (SSSR count). The van der Waals surface area contributed by atoms with Crippen molar-refractivity contribution in [3.05, 3.63) is 35.9 Å². The van der Waals surface area contributed by atoms with Crippen molar-refractivity contribution >= 4 is 12.4 Å². The molecule has 0 saturated carbocycles. The molecule has 0 aliphatic carbocycles. The van der Waals surface area contributed by atoms with Gasteiger partial charge in [-0.05, 0) is 30.5 Å². The fraction of sp³-hybridized carbons (Fsp3) is 0.250. The highest BCUT2D eigenvalue weighted by molar-refractivity contribution is 5.52. The molecule has 0 amide bonds. The number of hydrogen-bond donors (Lipinski definition) is 1. The first-order valence-corrected chi connectivity index (χ1v) is 4.63. The van der Waals surface area contributed by atoms with Crippen LogP contribution < -0.4 is 0 Å². The lowest BCUT2D eigenvalue weighted by Crippen LogP contribution is -1.74. The van der Waals surface area contributed by atoms with Gasteiger partial charge in [-0.1, -0.05) is 24.3 Å². The van der Waals surface area contributed by atoms with E-state index in [0.717, 1.165) is 18.4 Å². The van der Waals surface area contributed by atoms with Gasteiger partial charge in [0, 0.05) is 6.42 Å². The molecule has 1 N–H and O–H groups in total. The maximum Gasteiger partial charge on any atom is 0.198 e. The molecule has 14 heavy (non-hydrogen) atoms. The van der Waals surface area contributed by atoms with E-state index in [0.29, 0.717) is 6.42 Å². The predicted molar refractivity (Wildman–Crippen MR) is 56.7 cm³/mol. The third-order valence-electron chi connectivity index (χ3n) is 1.83. The van der Waals surface area contributed by atoms with Crippen LogP contribution in [0.5, 0.6) is 5.75 Å². The number of phenolic OH excluding ortho intramolecular Hbond substituents is 1. The molecular weight excluding hydrogens is 176 g/mol. The molecule has 1 aromatic rings. The average Bonchev–Trinajstić information content (AvgIpc) is 2.18. The van der Waals surface area contributed by atoms with Crippen LogP contribution in [0.4, 0.5) is 0 Å². The van der Waals surface area contributed by atoms with Gasteiger partial charge in [-0.2, -0.15) is 0 Å². The summed E-state index contributed by atoms with van der Waals surface area (Å²) in [6, 6.07) is 7.05. The van der Waals surface area contributed by atoms with Gasteiger partial charge in [-0.15, -0.1) is 0 Å². The number of hydrogen-bond acceptors (Lipinski definition) is 2. The smallest absolute Gasteiger partial charge is 0.198 e. The van der Waals surface area contributed by atoms with Crippen LogP contribution in [0.15, 0.2) is 30.3 Å². The molecule has 0 fully saturated rings. The van der Waals surface area contributed by atoms with Gasteiger partial charge in [-0.3, -0.25) is 4.79 Å². The van der Waals surface area contributed by atoms with Crippen molar-refractivity contribution in [1.82, 2.24) is 0 Å². The van der Waals surface area contributed by atoms with E-state index in [4.69, 9.17) is 5.11 Å². The highest BCUT2D eigenvalue weighted by Gasteiger charge is 1.88. The summed E-state index contributed by atoms with van der Waals surface area (Å²) in [6.07, 6.45) is 7.97. The van der Waals surface area contributed by atoms with E-state index in [1.165, 1.54) is 0 Å². The Hall–Kier alpha value is -1.57. The van der Waals surface area contributed by atoms with Crippen LogP contribution in [-0.2, 0) is 4.79 Å². The minimum Gasteiger partial charge on any atom is -0.508 e. The molecule has 0 atom stereocenters. The van der Waals surface area contributed by atoms with Crippen molar-refractivity contribution in [2.24, 2.45) is 0 Å². The molecule has 1 radical (unpaired) electrons. The molecule has 0 bridgehead atoms. The molecule has 0 heterocycles. The van der Waals surface area contributed by atoms with Crippen molar-refractivity contribution in [3.8, 4) is 5.75 Å². The van der Waals surface area contributed by atoms with Crippen LogP contribution in [-0.4, -0.2) is 11.4 Å². The first-order chi connectivity index (χ1) is 6.83. The van der Waals surface area contributed by atoms with Gasteiger partial charge in [0.15, 0.2) is 6.29 Å². The van der Waals surface area contributed by atoms with Crippen molar-refractivity contribution in [1.29, 1.82) is 0 Å². The summed E-state index contributed by atoms with van der Waals surface area (Å²) in [5.74, 6) is 0.272. The Morgan fingerprint density at radius 3 is 3.00 bits per heavy atom. The van der Waals surface area contributed by atoms with E-state index in [2.05, 4.69) is 0 Å². The first kappa shape index (κ1) is 10.5. The highest BCUT2D eigenvalue weighted by Crippen LogP contribution is 2.12. The van der Waals surface area contributed by atoms with E-state index >= 15 is 0 Å². The number of carbonyl (C=O) groups excluding carboxylic acids is 1. The van der Waals surface area contributed by atoms with E-state index in [1.807, 2.05) is 24.5 Å². The third-order valence-corrected chi connectivity index (χ3v) is 1.83. The Morgan fingerprint density at radius 2 is 2.29 bits per heavy atom. The number of benzene rings is 1. The standard InChI is InChI=1S/C12H13O2/c13-9-4-2-1-3-6-11-7-5-8-12(14)10-11/h3,5-8,10,14H,1-2,4H2/b6-3+. The van der Waals surface area contributed by atoms with Gasteiger partial charge in [-0.25, -0.2) is 0 Å². The van der Waals surface area contributed by atoms with Crippen molar-refractivity contribution in [2.75, 3.05) is 0 Å². The fourth-order valence-corrected chi connectivity index (χ4v) is 1.14. The van der Waals surface area contributed by atoms with Gasteiger partial charge in [0.2, 0.25) is 0 Å². The van der Waals surface area contributed by atoms with Crippen LogP contribution >= 0.6 is 0 Å². The molecule has 2 nitrogen and oxygen atoms in total. The lowest BCUT2D eigenvalue weighted by Gasteiger charge is -1.94. The molecule has 0 aromatic heterocycles. The summed E-state index contributed by atoms with van der Waals surface area (Å²) in [4.78, 5) is 9.90. The number of phenols is 1. The van der Waals surface area contributed by atoms with Crippen molar-refractivity contribution in [2.45, 2.75) is 19.3 Å². The fourth-order valence-electron chi connectivity index (χ4n) is 1.14. The zero-order valence-corrected chi connectivity index (χ0v) is 7.94. The van der Waals surface area contributed by atoms with Gasteiger partial charge in [0.05, 0.1) is 0 Å². The average molecular weight is 189 g/mol. The van der Waals surface area contributed by atoms with Crippen molar-refractivity contribution in [3.63, 3.8) is 0 Å². The highest BCUT2D eigenvalue weighted by atomic mass is 16.3. The summed E-state index contributed by atoms with van der Waals surface area (Å²) < 4.78 is 0. The Bertz CT molecular complexity index is 316. The summed E-state index contributed by atoms with van der Waals surface area (Å²) in [6.45, 7) is 0. The third kappa shape index (κ3) is 3.90. The second-order valence-corrected chi connectivity index (χ2v) is 3.03. The quantitative estimate of drug-likeness (QED) is 0.723. The lowest BCUT2D eigenvalue weighted by atomic mass is 10.1. The van der Waals surface area contributed by atoms with Gasteiger partial charge in [0.1, 0.15) is 5.75 Å². The number of rotatable bonds is 5. The normalized spacial score (nSPS) is 10.6. The molecule has 0 aliphatic rings. The van der Waals surface area contributed by atoms with Crippen molar-refractivity contribution < 1.29 is 9.90 Å². The van der Waals surface area contributed by atoms with E-state index in [1.54, 1.807) is 18.2 Å². The first-order valence-electron chi connectivity index (χ1n) is 4.63. The zero-order chi connectivity index (χ0) is 10.2. The maximum absolute atomic E-state index is 9.90. The number of allylic oxidation sites excluding steroid dienone is 1. The van der Waals surface area contributed by atoms with E-state index in [-0.39, 0.29) is 5.75 Å². The second kappa shape index (κ2) is 5.97. The predicted octanol–water partition coefficient (Wildman–Crippen LogP) is 2.69. The van der Waals surface area contributed by atoms with Crippen LogP contribution in [0.25, 0.3) is 6.08 Å². The monoisotopic (exact) mass is 189 g/mol. The summed E-state index contributed by atoms with van der Waals surface area (Å²) in [5, 5.41) is 9.17. The van der Waals surface area contributed by atoms with Gasteiger partial charge < -0.3 is 5.11 Å². The van der Waals surface area contributed by atoms with E-state index in [9.17, 15) is 4.79 Å². The molecule has 2 heteroatoms. The summed E-state index contributed by atoms with van der Waals surface area (Å²) >= 11 is 0. The molecule has 0 saturated heterocycles. The molecule has 1 aromatic carbocycles. The minimum absolute atomic E-state index is 0.272. The van der Waals surface area contributed by atoms with Crippen LogP contribution in [0.1, 0.15) is 24.8 Å². The molecular formula is C12H13O2.